The number of amides is 1. The normalized spacial score (nSPS) is 10.2. The maximum atomic E-state index is 11.2. The van der Waals surface area contributed by atoms with Crippen molar-refractivity contribution >= 4 is 34.7 Å². The zero-order chi connectivity index (χ0) is 11.5. The van der Waals surface area contributed by atoms with Crippen LogP contribution in [0.25, 0.3) is 0 Å². The number of nitrogen functional groups attached to an aromatic ring is 1. The molecule has 2 rings (SSSR count). The van der Waals surface area contributed by atoms with Crippen LogP contribution >= 0.6 is 23.1 Å². The SMILES string of the molecule is NC(=O)c1cccc(N)c1Sc1nccs1. The Morgan fingerprint density at radius 2 is 2.25 bits per heavy atom. The topological polar surface area (TPSA) is 82.0 Å². The van der Waals surface area contributed by atoms with E-state index in [1.807, 2.05) is 5.38 Å². The van der Waals surface area contributed by atoms with Crippen molar-refractivity contribution in [1.29, 1.82) is 0 Å². The molecule has 4 N–H and O–H groups in total. The van der Waals surface area contributed by atoms with Crippen molar-refractivity contribution in [2.45, 2.75) is 9.24 Å². The fourth-order valence-electron chi connectivity index (χ4n) is 1.21. The lowest BCUT2D eigenvalue weighted by Crippen LogP contribution is -2.12. The fraction of sp³-hybridized carbons (Fsp3) is 0. The van der Waals surface area contributed by atoms with Crippen LogP contribution in [0.15, 0.2) is 39.0 Å². The number of anilines is 1. The van der Waals surface area contributed by atoms with Crippen LogP contribution in [-0.4, -0.2) is 10.9 Å². The molecule has 0 radical (unpaired) electrons. The maximum Gasteiger partial charge on any atom is 0.249 e. The largest absolute Gasteiger partial charge is 0.398 e. The van der Waals surface area contributed by atoms with E-state index in [2.05, 4.69) is 4.98 Å². The summed E-state index contributed by atoms with van der Waals surface area (Å²) in [5.74, 6) is -0.480. The van der Waals surface area contributed by atoms with Gasteiger partial charge in [0.25, 0.3) is 0 Å². The first-order valence-electron chi connectivity index (χ1n) is 4.44. The molecule has 0 spiro atoms. The molecular weight excluding hydrogens is 242 g/mol. The lowest BCUT2D eigenvalue weighted by molar-refractivity contribution is 0.0997. The van der Waals surface area contributed by atoms with Gasteiger partial charge in [-0.15, -0.1) is 11.3 Å². The molecule has 0 aliphatic carbocycles. The summed E-state index contributed by atoms with van der Waals surface area (Å²) in [4.78, 5) is 16.0. The van der Waals surface area contributed by atoms with Crippen molar-refractivity contribution < 1.29 is 4.79 Å². The second kappa shape index (κ2) is 4.54. The summed E-state index contributed by atoms with van der Waals surface area (Å²) in [6.07, 6.45) is 1.70. The van der Waals surface area contributed by atoms with Gasteiger partial charge in [-0.1, -0.05) is 17.8 Å². The Bertz CT molecular complexity index is 511. The number of primary amides is 1. The summed E-state index contributed by atoms with van der Waals surface area (Å²) in [5.41, 5.74) is 12.1. The van der Waals surface area contributed by atoms with Crippen LogP contribution in [0.3, 0.4) is 0 Å². The van der Waals surface area contributed by atoms with Crippen molar-refractivity contribution in [2.24, 2.45) is 5.73 Å². The smallest absolute Gasteiger partial charge is 0.249 e. The summed E-state index contributed by atoms with van der Waals surface area (Å²) in [7, 11) is 0. The average molecular weight is 251 g/mol. The van der Waals surface area contributed by atoms with Crippen LogP contribution in [0.5, 0.6) is 0 Å². The minimum Gasteiger partial charge on any atom is -0.398 e. The Labute approximate surface area is 101 Å². The van der Waals surface area contributed by atoms with Crippen LogP contribution in [0.4, 0.5) is 5.69 Å². The zero-order valence-corrected chi connectivity index (χ0v) is 9.85. The Hall–Kier alpha value is -1.53. The van der Waals surface area contributed by atoms with Gasteiger partial charge in [0.15, 0.2) is 4.34 Å². The Morgan fingerprint density at radius 1 is 1.44 bits per heavy atom. The molecule has 0 atom stereocenters. The molecule has 1 amide bonds. The van der Waals surface area contributed by atoms with E-state index in [1.165, 1.54) is 23.1 Å². The van der Waals surface area contributed by atoms with Gasteiger partial charge in [-0.3, -0.25) is 4.79 Å². The molecule has 0 bridgehead atoms. The van der Waals surface area contributed by atoms with E-state index in [0.717, 1.165) is 4.34 Å². The van der Waals surface area contributed by atoms with Crippen LogP contribution < -0.4 is 11.5 Å². The third-order valence-electron chi connectivity index (χ3n) is 1.91. The molecule has 82 valence electrons. The van der Waals surface area contributed by atoms with Crippen molar-refractivity contribution in [1.82, 2.24) is 4.98 Å². The first-order chi connectivity index (χ1) is 7.68. The summed E-state index contributed by atoms with van der Waals surface area (Å²) < 4.78 is 0.834. The number of aromatic nitrogens is 1. The summed E-state index contributed by atoms with van der Waals surface area (Å²) in [6, 6.07) is 5.11. The van der Waals surface area contributed by atoms with Crippen molar-refractivity contribution in [3.05, 3.63) is 35.3 Å². The molecule has 6 heteroatoms. The predicted octanol–water partition coefficient (Wildman–Crippen LogP) is 1.98. The molecule has 1 aromatic carbocycles. The number of nitrogens with two attached hydrogens (primary N) is 2. The quantitative estimate of drug-likeness (QED) is 0.817. The number of thiazole rings is 1. The van der Waals surface area contributed by atoms with Gasteiger partial charge in [0.05, 0.1) is 10.5 Å². The van der Waals surface area contributed by atoms with Gasteiger partial charge in [-0.2, -0.15) is 0 Å². The van der Waals surface area contributed by atoms with E-state index in [4.69, 9.17) is 11.5 Å². The van der Waals surface area contributed by atoms with E-state index in [-0.39, 0.29) is 0 Å². The molecule has 0 unspecified atom stereocenters. The monoisotopic (exact) mass is 251 g/mol. The number of rotatable bonds is 3. The second-order valence-corrected chi connectivity index (χ2v) is 5.14. The van der Waals surface area contributed by atoms with Crippen molar-refractivity contribution in [2.75, 3.05) is 5.73 Å². The van der Waals surface area contributed by atoms with E-state index >= 15 is 0 Å². The first kappa shape index (κ1) is 11.0. The van der Waals surface area contributed by atoms with Gasteiger partial charge in [0.1, 0.15) is 0 Å². The minimum absolute atomic E-state index is 0.431. The number of hydrogen-bond donors (Lipinski definition) is 2. The third kappa shape index (κ3) is 2.17. The Kier molecular flexibility index (Phi) is 3.12. The van der Waals surface area contributed by atoms with Crippen LogP contribution in [0, 0.1) is 0 Å². The van der Waals surface area contributed by atoms with E-state index < -0.39 is 5.91 Å². The first-order valence-corrected chi connectivity index (χ1v) is 6.13. The van der Waals surface area contributed by atoms with Gasteiger partial charge in [-0.05, 0) is 12.1 Å². The van der Waals surface area contributed by atoms with Gasteiger partial charge in [0.2, 0.25) is 5.91 Å². The molecule has 4 nitrogen and oxygen atoms in total. The van der Waals surface area contributed by atoms with E-state index in [0.29, 0.717) is 16.1 Å². The zero-order valence-electron chi connectivity index (χ0n) is 8.21. The molecule has 0 aliphatic heterocycles. The highest BCUT2D eigenvalue weighted by Gasteiger charge is 2.13. The summed E-state index contributed by atoms with van der Waals surface area (Å²) >= 11 is 2.85. The Morgan fingerprint density at radius 3 is 2.88 bits per heavy atom. The molecule has 0 saturated carbocycles. The van der Waals surface area contributed by atoms with Gasteiger partial charge in [0, 0.05) is 17.3 Å². The highest BCUT2D eigenvalue weighted by atomic mass is 32.2. The summed E-state index contributed by atoms with van der Waals surface area (Å²) in [5, 5.41) is 1.87. The van der Waals surface area contributed by atoms with Gasteiger partial charge >= 0.3 is 0 Å². The van der Waals surface area contributed by atoms with Gasteiger partial charge < -0.3 is 11.5 Å². The van der Waals surface area contributed by atoms with E-state index in [1.54, 1.807) is 24.4 Å². The second-order valence-electron chi connectivity index (χ2n) is 2.99. The molecule has 0 fully saturated rings. The van der Waals surface area contributed by atoms with Gasteiger partial charge in [-0.25, -0.2) is 4.98 Å². The number of carbonyl (C=O) groups is 1. The van der Waals surface area contributed by atoms with Crippen LogP contribution in [0.2, 0.25) is 0 Å². The standard InChI is InChI=1S/C10H9N3OS2/c11-7-3-1-2-6(9(12)14)8(7)16-10-13-4-5-15-10/h1-5H,11H2,(H2,12,14). The Balaban J connectivity index is 2.42. The lowest BCUT2D eigenvalue weighted by atomic mass is 10.2. The number of benzene rings is 1. The molecule has 16 heavy (non-hydrogen) atoms. The number of carbonyl (C=O) groups excluding carboxylic acids is 1. The maximum absolute atomic E-state index is 11.2. The molecule has 0 saturated heterocycles. The molecular formula is C10H9N3OS2. The third-order valence-corrected chi connectivity index (χ3v) is 3.95. The highest BCUT2D eigenvalue weighted by Crippen LogP contribution is 2.35. The minimum atomic E-state index is -0.480. The molecule has 1 aromatic heterocycles. The van der Waals surface area contributed by atoms with Crippen LogP contribution in [0.1, 0.15) is 10.4 Å². The molecule has 2 aromatic rings. The lowest BCUT2D eigenvalue weighted by Gasteiger charge is -2.07. The number of nitrogens with zero attached hydrogens (tertiary/aromatic N) is 1. The fourth-order valence-corrected chi connectivity index (χ4v) is 2.93. The number of hydrogen-bond acceptors (Lipinski definition) is 5. The van der Waals surface area contributed by atoms with Crippen molar-refractivity contribution in [3.8, 4) is 0 Å². The molecule has 0 aliphatic rings. The molecule has 1 heterocycles. The predicted molar refractivity (Wildman–Crippen MR) is 65.6 cm³/mol. The van der Waals surface area contributed by atoms with Crippen molar-refractivity contribution in [3.63, 3.8) is 0 Å². The average Bonchev–Trinajstić information content (AvgIpc) is 2.73. The van der Waals surface area contributed by atoms with Crippen LogP contribution in [-0.2, 0) is 0 Å². The van der Waals surface area contributed by atoms with E-state index in [9.17, 15) is 4.79 Å². The highest BCUT2D eigenvalue weighted by molar-refractivity contribution is 8.01. The summed E-state index contributed by atoms with van der Waals surface area (Å²) in [6.45, 7) is 0.